The van der Waals surface area contributed by atoms with Gasteiger partial charge in [0, 0.05) is 0 Å². The Labute approximate surface area is 119 Å². The van der Waals surface area contributed by atoms with E-state index >= 15 is 0 Å². The third-order valence-corrected chi connectivity index (χ3v) is 6.52. The summed E-state index contributed by atoms with van der Waals surface area (Å²) in [5.74, 6) is 0.404. The second-order valence-electron chi connectivity index (χ2n) is 3.71. The SMILES string of the molecule is O=P(O)(Oc1ccccc1)C(I)c1ccccc1. The van der Waals surface area contributed by atoms with Gasteiger partial charge in [-0.05, 0) is 17.7 Å². The van der Waals surface area contributed by atoms with Crippen molar-refractivity contribution in [1.82, 2.24) is 0 Å². The number of para-hydroxylation sites is 1. The van der Waals surface area contributed by atoms with Gasteiger partial charge in [-0.2, -0.15) is 0 Å². The van der Waals surface area contributed by atoms with Gasteiger partial charge in [0.15, 0.2) is 0 Å². The van der Waals surface area contributed by atoms with E-state index in [0.717, 1.165) is 5.56 Å². The van der Waals surface area contributed by atoms with Crippen LogP contribution in [0.4, 0.5) is 0 Å². The molecule has 2 atom stereocenters. The van der Waals surface area contributed by atoms with Gasteiger partial charge in [0.1, 0.15) is 9.42 Å². The number of hydrogen-bond donors (Lipinski definition) is 1. The van der Waals surface area contributed by atoms with Crippen LogP contribution in [0.2, 0.25) is 0 Å². The van der Waals surface area contributed by atoms with E-state index in [0.29, 0.717) is 5.75 Å². The molecule has 2 unspecified atom stereocenters. The van der Waals surface area contributed by atoms with E-state index in [1.165, 1.54) is 0 Å². The van der Waals surface area contributed by atoms with Crippen LogP contribution >= 0.6 is 30.2 Å². The predicted molar refractivity (Wildman–Crippen MR) is 80.1 cm³/mol. The zero-order chi connectivity index (χ0) is 13.0. The average Bonchev–Trinajstić information content (AvgIpc) is 2.39. The minimum Gasteiger partial charge on any atom is -0.424 e. The van der Waals surface area contributed by atoms with Crippen molar-refractivity contribution in [2.45, 2.75) is 3.67 Å². The van der Waals surface area contributed by atoms with Crippen molar-refractivity contribution in [2.24, 2.45) is 0 Å². The summed E-state index contributed by atoms with van der Waals surface area (Å²) >= 11 is 1.94. The smallest absolute Gasteiger partial charge is 0.393 e. The molecule has 0 heterocycles. The minimum atomic E-state index is -3.74. The Bertz CT molecular complexity index is 545. The maximum absolute atomic E-state index is 12.2. The van der Waals surface area contributed by atoms with Crippen molar-refractivity contribution in [3.63, 3.8) is 0 Å². The predicted octanol–water partition coefficient (Wildman–Crippen LogP) is 4.38. The molecule has 0 saturated heterocycles. The van der Waals surface area contributed by atoms with E-state index < -0.39 is 11.3 Å². The molecule has 0 bridgehead atoms. The third-order valence-electron chi connectivity index (χ3n) is 2.34. The van der Waals surface area contributed by atoms with Crippen molar-refractivity contribution in [3.05, 3.63) is 66.2 Å². The summed E-state index contributed by atoms with van der Waals surface area (Å²) in [7, 11) is -3.74. The molecule has 0 aliphatic rings. The molecule has 2 rings (SSSR count). The van der Waals surface area contributed by atoms with Gasteiger partial charge in [0.05, 0.1) is 0 Å². The van der Waals surface area contributed by atoms with E-state index in [1.807, 2.05) is 59.0 Å². The highest BCUT2D eigenvalue weighted by atomic mass is 127. The molecule has 94 valence electrons. The minimum absolute atomic E-state index is 0.404. The molecule has 0 spiro atoms. The first-order valence-corrected chi connectivity index (χ1v) is 8.25. The molecular formula is C13H12IO3P. The van der Waals surface area contributed by atoms with Crippen LogP contribution in [0.25, 0.3) is 0 Å². The second kappa shape index (κ2) is 5.87. The molecule has 1 N–H and O–H groups in total. The summed E-state index contributed by atoms with van der Waals surface area (Å²) < 4.78 is 16.8. The maximum atomic E-state index is 12.2. The van der Waals surface area contributed by atoms with Crippen LogP contribution in [0.5, 0.6) is 5.75 Å². The summed E-state index contributed by atoms with van der Waals surface area (Å²) in [5, 5.41) is 0. The van der Waals surface area contributed by atoms with Crippen LogP contribution in [0, 0.1) is 0 Å². The van der Waals surface area contributed by atoms with Gasteiger partial charge in [-0.15, -0.1) is 0 Å². The molecule has 18 heavy (non-hydrogen) atoms. The van der Waals surface area contributed by atoms with E-state index in [4.69, 9.17) is 4.52 Å². The number of rotatable bonds is 4. The fraction of sp³-hybridized carbons (Fsp3) is 0.0769. The molecule has 0 saturated carbocycles. The Morgan fingerprint density at radius 1 is 1.00 bits per heavy atom. The lowest BCUT2D eigenvalue weighted by molar-refractivity contribution is 0.378. The maximum Gasteiger partial charge on any atom is 0.393 e. The fourth-order valence-electron chi connectivity index (χ4n) is 1.48. The Hall–Kier alpha value is -0.840. The molecule has 0 amide bonds. The van der Waals surface area contributed by atoms with Gasteiger partial charge in [0.25, 0.3) is 0 Å². The first-order chi connectivity index (χ1) is 8.59. The summed E-state index contributed by atoms with van der Waals surface area (Å²) in [6, 6.07) is 17.9. The third kappa shape index (κ3) is 3.34. The largest absolute Gasteiger partial charge is 0.424 e. The fourth-order valence-corrected chi connectivity index (χ4v) is 3.30. The molecule has 5 heteroatoms. The van der Waals surface area contributed by atoms with Crippen molar-refractivity contribution < 1.29 is 14.0 Å². The Morgan fingerprint density at radius 3 is 2.06 bits per heavy atom. The van der Waals surface area contributed by atoms with E-state index in [2.05, 4.69) is 0 Å². The summed E-state index contributed by atoms with van der Waals surface area (Å²) in [5.41, 5.74) is 0.778. The van der Waals surface area contributed by atoms with E-state index in [9.17, 15) is 9.46 Å². The van der Waals surface area contributed by atoms with Gasteiger partial charge >= 0.3 is 7.60 Å². The molecular weight excluding hydrogens is 362 g/mol. The van der Waals surface area contributed by atoms with Crippen LogP contribution in [-0.2, 0) is 4.57 Å². The summed E-state index contributed by atoms with van der Waals surface area (Å²) in [6.07, 6.45) is 0. The monoisotopic (exact) mass is 374 g/mol. The number of alkyl halides is 1. The molecule has 2 aromatic rings. The van der Waals surface area contributed by atoms with Gasteiger partial charge < -0.3 is 9.42 Å². The molecule has 3 nitrogen and oxygen atoms in total. The standard InChI is InChI=1S/C13H12IO3P/c14-13(11-7-3-1-4-8-11)18(15,16)17-12-9-5-2-6-10-12/h1-10,13H,(H,15,16). The Kier molecular flexibility index (Phi) is 4.43. The summed E-state index contributed by atoms with van der Waals surface area (Å²) in [4.78, 5) is 10.0. The van der Waals surface area contributed by atoms with Crippen molar-refractivity contribution in [3.8, 4) is 5.75 Å². The zero-order valence-corrected chi connectivity index (χ0v) is 12.5. The molecule has 0 aliphatic carbocycles. The lowest BCUT2D eigenvalue weighted by Crippen LogP contribution is -1.99. The van der Waals surface area contributed by atoms with Crippen LogP contribution in [0.1, 0.15) is 9.23 Å². The number of halogens is 1. The van der Waals surface area contributed by atoms with Crippen LogP contribution in [-0.4, -0.2) is 4.89 Å². The first-order valence-electron chi connectivity index (χ1n) is 5.36. The lowest BCUT2D eigenvalue weighted by Gasteiger charge is -2.18. The topological polar surface area (TPSA) is 46.5 Å². The molecule has 0 aromatic heterocycles. The average molecular weight is 374 g/mol. The normalized spacial score (nSPS) is 15.7. The molecule has 0 fully saturated rings. The van der Waals surface area contributed by atoms with Gasteiger partial charge in [-0.3, -0.25) is 0 Å². The van der Waals surface area contributed by atoms with Gasteiger partial charge in [0.2, 0.25) is 0 Å². The highest BCUT2D eigenvalue weighted by molar-refractivity contribution is 14.1. The second-order valence-corrected chi connectivity index (χ2v) is 7.77. The van der Waals surface area contributed by atoms with Gasteiger partial charge in [-0.25, -0.2) is 4.57 Å². The van der Waals surface area contributed by atoms with Crippen LogP contribution < -0.4 is 4.52 Å². The van der Waals surface area contributed by atoms with E-state index in [-0.39, 0.29) is 0 Å². The van der Waals surface area contributed by atoms with Crippen molar-refractivity contribution >= 4 is 30.2 Å². The highest BCUT2D eigenvalue weighted by Gasteiger charge is 2.32. The van der Waals surface area contributed by atoms with Crippen molar-refractivity contribution in [1.29, 1.82) is 0 Å². The summed E-state index contributed by atoms with van der Waals surface area (Å²) in [6.45, 7) is 0. The first kappa shape index (κ1) is 13.6. The number of hydrogen-bond acceptors (Lipinski definition) is 2. The Morgan fingerprint density at radius 2 is 1.50 bits per heavy atom. The highest BCUT2D eigenvalue weighted by Crippen LogP contribution is 2.59. The zero-order valence-electron chi connectivity index (χ0n) is 9.44. The molecule has 2 aromatic carbocycles. The van der Waals surface area contributed by atoms with Gasteiger partial charge in [-0.1, -0.05) is 71.1 Å². The van der Waals surface area contributed by atoms with Crippen molar-refractivity contribution in [2.75, 3.05) is 0 Å². The lowest BCUT2D eigenvalue weighted by atomic mass is 10.2. The van der Waals surface area contributed by atoms with E-state index in [1.54, 1.807) is 24.3 Å². The molecule has 0 aliphatic heterocycles. The molecule has 0 radical (unpaired) electrons. The quantitative estimate of drug-likeness (QED) is 0.491. The van der Waals surface area contributed by atoms with Crippen LogP contribution in [0.3, 0.4) is 0 Å². The Balaban J connectivity index is 2.19. The van der Waals surface area contributed by atoms with Crippen LogP contribution in [0.15, 0.2) is 60.7 Å². The number of benzene rings is 2.